The van der Waals surface area contributed by atoms with E-state index in [4.69, 9.17) is 23.1 Å². The number of nitrogens with zero attached hydrogens (tertiary/aromatic N) is 4. The topological polar surface area (TPSA) is 131 Å². The summed E-state index contributed by atoms with van der Waals surface area (Å²) in [4.78, 5) is 18.7. The molecule has 136 valence electrons. The van der Waals surface area contributed by atoms with Crippen LogP contribution in [0.1, 0.15) is 0 Å². The third kappa shape index (κ3) is 3.06. The molecule has 0 bridgehead atoms. The molecule has 0 unspecified atom stereocenters. The molecule has 0 saturated carbocycles. The SMILES string of the molecule is Nc1cc(F)c(-c2nc3c(F)cnc(Nc4cc(N)ncn4)c3[nH]2)c(Cl)c1. The van der Waals surface area contributed by atoms with E-state index in [0.29, 0.717) is 5.82 Å². The summed E-state index contributed by atoms with van der Waals surface area (Å²) in [6.07, 6.45) is 2.25. The predicted octanol–water partition coefficient (Wildman–Crippen LogP) is 3.25. The molecule has 0 fully saturated rings. The molecule has 0 amide bonds. The number of benzene rings is 1. The van der Waals surface area contributed by atoms with Gasteiger partial charge in [-0.3, -0.25) is 0 Å². The van der Waals surface area contributed by atoms with Crippen molar-refractivity contribution in [3.63, 3.8) is 0 Å². The summed E-state index contributed by atoms with van der Waals surface area (Å²) in [5.74, 6) is -0.541. The number of hydrogen-bond donors (Lipinski definition) is 4. The van der Waals surface area contributed by atoms with Crippen molar-refractivity contribution in [1.82, 2.24) is 24.9 Å². The first-order valence-corrected chi connectivity index (χ1v) is 7.94. The summed E-state index contributed by atoms with van der Waals surface area (Å²) in [6, 6.07) is 3.96. The van der Waals surface area contributed by atoms with Crippen LogP contribution in [0.15, 0.2) is 30.7 Å². The van der Waals surface area contributed by atoms with Crippen LogP contribution in [0.2, 0.25) is 5.02 Å². The van der Waals surface area contributed by atoms with Crippen molar-refractivity contribution in [3.8, 4) is 11.4 Å². The van der Waals surface area contributed by atoms with Crippen LogP contribution in [0, 0.1) is 11.6 Å². The smallest absolute Gasteiger partial charge is 0.169 e. The van der Waals surface area contributed by atoms with Gasteiger partial charge < -0.3 is 21.8 Å². The fourth-order valence-electron chi connectivity index (χ4n) is 2.56. The van der Waals surface area contributed by atoms with Crippen LogP contribution in [0.4, 0.5) is 31.9 Å². The number of imidazole rings is 1. The Morgan fingerprint density at radius 2 is 1.85 bits per heavy atom. The first-order valence-electron chi connectivity index (χ1n) is 7.56. The average molecular weight is 389 g/mol. The number of aromatic amines is 1. The van der Waals surface area contributed by atoms with Crippen molar-refractivity contribution in [2.45, 2.75) is 0 Å². The lowest BCUT2D eigenvalue weighted by Crippen LogP contribution is -2.00. The predicted molar refractivity (Wildman–Crippen MR) is 98.4 cm³/mol. The van der Waals surface area contributed by atoms with Crippen molar-refractivity contribution in [2.75, 3.05) is 16.8 Å². The van der Waals surface area contributed by atoms with Gasteiger partial charge in [-0.05, 0) is 12.1 Å². The molecule has 1 aromatic carbocycles. The molecule has 4 aromatic rings. The molecule has 0 aliphatic carbocycles. The summed E-state index contributed by atoms with van der Waals surface area (Å²) in [5, 5.41) is 2.93. The summed E-state index contributed by atoms with van der Waals surface area (Å²) in [7, 11) is 0. The largest absolute Gasteiger partial charge is 0.399 e. The van der Waals surface area contributed by atoms with E-state index in [-0.39, 0.29) is 44.8 Å². The Kier molecular flexibility index (Phi) is 3.96. The minimum atomic E-state index is -0.689. The molecule has 27 heavy (non-hydrogen) atoms. The number of rotatable bonds is 3. The summed E-state index contributed by atoms with van der Waals surface area (Å²) in [5.41, 5.74) is 11.5. The molecule has 4 rings (SSSR count). The van der Waals surface area contributed by atoms with Gasteiger partial charge in [0, 0.05) is 11.8 Å². The lowest BCUT2D eigenvalue weighted by molar-refractivity contribution is 0.629. The number of nitrogen functional groups attached to an aromatic ring is 2. The quantitative estimate of drug-likeness (QED) is 0.396. The van der Waals surface area contributed by atoms with Gasteiger partial charge in [-0.25, -0.2) is 28.7 Å². The first-order chi connectivity index (χ1) is 12.9. The van der Waals surface area contributed by atoms with E-state index in [1.165, 1.54) is 18.5 Å². The van der Waals surface area contributed by atoms with Gasteiger partial charge in [-0.1, -0.05) is 11.6 Å². The number of nitrogens with one attached hydrogen (secondary N) is 2. The van der Waals surface area contributed by atoms with Crippen molar-refractivity contribution in [3.05, 3.63) is 47.4 Å². The molecule has 3 heterocycles. The number of nitrogens with two attached hydrogens (primary N) is 2. The van der Waals surface area contributed by atoms with Gasteiger partial charge in [0.1, 0.15) is 40.6 Å². The fourth-order valence-corrected chi connectivity index (χ4v) is 2.86. The third-order valence-corrected chi connectivity index (χ3v) is 4.01. The number of pyridine rings is 1. The number of H-pyrrole nitrogens is 1. The van der Waals surface area contributed by atoms with E-state index >= 15 is 0 Å². The number of aromatic nitrogens is 5. The molecule has 6 N–H and O–H groups in total. The van der Waals surface area contributed by atoms with Gasteiger partial charge in [0.25, 0.3) is 0 Å². The van der Waals surface area contributed by atoms with E-state index in [9.17, 15) is 8.78 Å². The third-order valence-electron chi connectivity index (χ3n) is 3.71. The lowest BCUT2D eigenvalue weighted by atomic mass is 10.2. The summed E-state index contributed by atoms with van der Waals surface area (Å²) < 4.78 is 28.5. The highest BCUT2D eigenvalue weighted by atomic mass is 35.5. The maximum atomic E-state index is 14.3. The molecule has 0 aliphatic heterocycles. The molecule has 0 saturated heterocycles. The molecular formula is C16H11ClF2N8. The average Bonchev–Trinajstić information content (AvgIpc) is 3.02. The minimum absolute atomic E-state index is 0.0290. The van der Waals surface area contributed by atoms with Crippen LogP contribution >= 0.6 is 11.6 Å². The fraction of sp³-hybridized carbons (Fsp3) is 0. The van der Waals surface area contributed by atoms with Crippen LogP contribution in [0.25, 0.3) is 22.4 Å². The van der Waals surface area contributed by atoms with Gasteiger partial charge in [0.05, 0.1) is 16.8 Å². The van der Waals surface area contributed by atoms with Crippen LogP contribution in [0.3, 0.4) is 0 Å². The molecule has 0 spiro atoms. The second kappa shape index (κ2) is 6.32. The molecule has 0 aliphatic rings. The molecule has 0 radical (unpaired) electrons. The summed E-state index contributed by atoms with van der Waals surface area (Å²) in [6.45, 7) is 0. The monoisotopic (exact) mass is 388 g/mol. The van der Waals surface area contributed by atoms with Crippen molar-refractivity contribution in [1.29, 1.82) is 0 Å². The Hall–Kier alpha value is -3.53. The Bertz CT molecular complexity index is 1150. The molecule has 11 heteroatoms. The minimum Gasteiger partial charge on any atom is -0.399 e. The van der Waals surface area contributed by atoms with Gasteiger partial charge in [-0.2, -0.15) is 0 Å². The maximum Gasteiger partial charge on any atom is 0.169 e. The first kappa shape index (κ1) is 16.9. The molecular weight excluding hydrogens is 378 g/mol. The van der Waals surface area contributed by atoms with Crippen molar-refractivity contribution < 1.29 is 8.78 Å². The standard InChI is InChI=1S/C16H11ClF2N8/c17-7-1-6(20)2-8(18)12(7)15-26-13-9(19)4-22-16(14(13)27-15)25-11-3-10(21)23-5-24-11/h1-5H,20H2,(H,26,27)(H3,21,22,23,24,25). The Labute approximate surface area is 155 Å². The van der Waals surface area contributed by atoms with E-state index in [1.807, 2.05) is 0 Å². The Balaban J connectivity index is 1.86. The highest BCUT2D eigenvalue weighted by Crippen LogP contribution is 2.34. The molecule has 0 atom stereocenters. The second-order valence-corrected chi connectivity index (χ2v) is 5.98. The molecule has 8 nitrogen and oxygen atoms in total. The Morgan fingerprint density at radius 3 is 2.59 bits per heavy atom. The van der Waals surface area contributed by atoms with Crippen LogP contribution in [-0.2, 0) is 0 Å². The highest BCUT2D eigenvalue weighted by Gasteiger charge is 2.19. The zero-order valence-electron chi connectivity index (χ0n) is 13.5. The van der Waals surface area contributed by atoms with E-state index < -0.39 is 11.6 Å². The van der Waals surface area contributed by atoms with Crippen molar-refractivity contribution >= 4 is 45.8 Å². The Morgan fingerprint density at radius 1 is 1.04 bits per heavy atom. The van der Waals surface area contributed by atoms with Gasteiger partial charge >= 0.3 is 0 Å². The maximum absolute atomic E-state index is 14.3. The normalized spacial score (nSPS) is 11.1. The lowest BCUT2D eigenvalue weighted by Gasteiger charge is -2.06. The number of fused-ring (bicyclic) bond motifs is 1. The second-order valence-electron chi connectivity index (χ2n) is 5.58. The van der Waals surface area contributed by atoms with Crippen molar-refractivity contribution in [2.24, 2.45) is 0 Å². The van der Waals surface area contributed by atoms with Crippen LogP contribution < -0.4 is 16.8 Å². The zero-order chi connectivity index (χ0) is 19.1. The van der Waals surface area contributed by atoms with E-state index in [0.717, 1.165) is 12.3 Å². The molecule has 3 aromatic heterocycles. The van der Waals surface area contributed by atoms with Crippen LogP contribution in [0.5, 0.6) is 0 Å². The van der Waals surface area contributed by atoms with Gasteiger partial charge in [-0.15, -0.1) is 0 Å². The number of hydrogen-bond acceptors (Lipinski definition) is 7. The van der Waals surface area contributed by atoms with Crippen LogP contribution in [-0.4, -0.2) is 24.9 Å². The highest BCUT2D eigenvalue weighted by molar-refractivity contribution is 6.33. The zero-order valence-corrected chi connectivity index (χ0v) is 14.2. The van der Waals surface area contributed by atoms with Gasteiger partial charge in [0.2, 0.25) is 0 Å². The number of halogens is 3. The van der Waals surface area contributed by atoms with E-state index in [2.05, 4.69) is 30.2 Å². The van der Waals surface area contributed by atoms with E-state index in [1.54, 1.807) is 0 Å². The summed E-state index contributed by atoms with van der Waals surface area (Å²) >= 11 is 6.09. The van der Waals surface area contributed by atoms with Gasteiger partial charge in [0.15, 0.2) is 11.6 Å². The number of anilines is 4.